The van der Waals surface area contributed by atoms with Crippen molar-refractivity contribution >= 4 is 29.0 Å². The number of carbonyl (C=O) groups excluding carboxylic acids is 2. The highest BCUT2D eigenvalue weighted by atomic mass is 35.5. The lowest BCUT2D eigenvalue weighted by Crippen LogP contribution is -2.35. The minimum Gasteiger partial charge on any atom is -0.362 e. The van der Waals surface area contributed by atoms with Gasteiger partial charge in [0.05, 0.1) is 5.69 Å². The molecule has 2 aromatic rings. The van der Waals surface area contributed by atoms with Gasteiger partial charge in [-0.3, -0.25) is 9.59 Å². The second-order valence-corrected chi connectivity index (χ2v) is 7.69. The number of Topliss-reactive ketones (excluding diaryl/α,β-unsaturated/α-hetero) is 1. The highest BCUT2D eigenvalue weighted by Crippen LogP contribution is 2.42. The summed E-state index contributed by atoms with van der Waals surface area (Å²) in [6, 6.07) is 13.2. The number of hydrogen-bond donors (Lipinski definition) is 2. The Labute approximate surface area is 173 Å². The first-order valence-corrected chi connectivity index (χ1v) is 9.89. The SMILES string of the molecule is CC1=C(C(=O)Nc2ccccc2F)[C@@H](c2cccc(Cl)c2)C2=C(CCCC2=O)N1. The molecule has 1 heterocycles. The number of anilines is 1. The first-order valence-electron chi connectivity index (χ1n) is 9.51. The summed E-state index contributed by atoms with van der Waals surface area (Å²) in [5.41, 5.74) is 3.35. The normalized spacial score (nSPS) is 19.0. The number of allylic oxidation sites excluding steroid dienone is 3. The summed E-state index contributed by atoms with van der Waals surface area (Å²) in [4.78, 5) is 26.1. The minimum atomic E-state index is -0.551. The second kappa shape index (κ2) is 7.84. The molecule has 1 amide bonds. The van der Waals surface area contributed by atoms with Crippen LogP contribution in [-0.4, -0.2) is 11.7 Å². The van der Waals surface area contributed by atoms with Gasteiger partial charge in [0, 0.05) is 39.9 Å². The van der Waals surface area contributed by atoms with E-state index in [-0.39, 0.29) is 11.5 Å². The average Bonchev–Trinajstić information content (AvgIpc) is 2.69. The summed E-state index contributed by atoms with van der Waals surface area (Å²) in [6.07, 6.45) is 1.97. The molecule has 0 spiro atoms. The van der Waals surface area contributed by atoms with Crippen LogP contribution in [0.1, 0.15) is 37.7 Å². The Balaban J connectivity index is 1.81. The number of para-hydroxylation sites is 1. The third-order valence-electron chi connectivity index (χ3n) is 5.32. The van der Waals surface area contributed by atoms with E-state index >= 15 is 0 Å². The molecule has 0 radical (unpaired) electrons. The van der Waals surface area contributed by atoms with Crippen molar-refractivity contribution in [3.05, 3.63) is 87.5 Å². The zero-order chi connectivity index (χ0) is 20.5. The molecule has 1 aliphatic carbocycles. The predicted molar refractivity (Wildman–Crippen MR) is 111 cm³/mol. The van der Waals surface area contributed by atoms with Crippen LogP contribution in [0.3, 0.4) is 0 Å². The lowest BCUT2D eigenvalue weighted by atomic mass is 9.75. The fourth-order valence-electron chi connectivity index (χ4n) is 4.06. The van der Waals surface area contributed by atoms with Gasteiger partial charge in [-0.1, -0.05) is 35.9 Å². The molecule has 0 aromatic heterocycles. The van der Waals surface area contributed by atoms with Crippen LogP contribution in [0.5, 0.6) is 0 Å². The predicted octanol–water partition coefficient (Wildman–Crippen LogP) is 5.09. The van der Waals surface area contributed by atoms with Crippen LogP contribution >= 0.6 is 11.6 Å². The molecule has 148 valence electrons. The van der Waals surface area contributed by atoms with E-state index in [0.717, 1.165) is 24.1 Å². The molecule has 29 heavy (non-hydrogen) atoms. The molecular formula is C23H20ClFN2O2. The van der Waals surface area contributed by atoms with Crippen molar-refractivity contribution in [1.82, 2.24) is 5.32 Å². The Morgan fingerprint density at radius 2 is 1.97 bits per heavy atom. The van der Waals surface area contributed by atoms with Crippen LogP contribution in [0.4, 0.5) is 10.1 Å². The van der Waals surface area contributed by atoms with Gasteiger partial charge in [0.2, 0.25) is 0 Å². The zero-order valence-corrected chi connectivity index (χ0v) is 16.6. The number of nitrogens with one attached hydrogen (secondary N) is 2. The van der Waals surface area contributed by atoms with Gasteiger partial charge < -0.3 is 10.6 Å². The lowest BCUT2D eigenvalue weighted by Gasteiger charge is -2.34. The van der Waals surface area contributed by atoms with Crippen molar-refractivity contribution in [2.45, 2.75) is 32.1 Å². The lowest BCUT2D eigenvalue weighted by molar-refractivity contribution is -0.116. The maximum Gasteiger partial charge on any atom is 0.254 e. The summed E-state index contributed by atoms with van der Waals surface area (Å²) in [5.74, 6) is -1.50. The van der Waals surface area contributed by atoms with Gasteiger partial charge in [0.1, 0.15) is 5.82 Å². The van der Waals surface area contributed by atoms with Gasteiger partial charge in [0.15, 0.2) is 5.78 Å². The van der Waals surface area contributed by atoms with Crippen LogP contribution in [-0.2, 0) is 9.59 Å². The van der Waals surface area contributed by atoms with E-state index in [9.17, 15) is 14.0 Å². The van der Waals surface area contributed by atoms with Crippen LogP contribution in [0.25, 0.3) is 0 Å². The first kappa shape index (κ1) is 19.4. The van der Waals surface area contributed by atoms with Crippen LogP contribution in [0, 0.1) is 5.82 Å². The number of carbonyl (C=O) groups is 2. The quantitative estimate of drug-likeness (QED) is 0.741. The van der Waals surface area contributed by atoms with Crippen molar-refractivity contribution in [2.24, 2.45) is 0 Å². The van der Waals surface area contributed by atoms with E-state index in [0.29, 0.717) is 28.3 Å². The highest BCUT2D eigenvalue weighted by molar-refractivity contribution is 6.30. The van der Waals surface area contributed by atoms with Crippen LogP contribution in [0.15, 0.2) is 71.1 Å². The molecule has 0 saturated carbocycles. The van der Waals surface area contributed by atoms with E-state index in [4.69, 9.17) is 11.6 Å². The number of hydrogen-bond acceptors (Lipinski definition) is 3. The van der Waals surface area contributed by atoms with E-state index in [1.165, 1.54) is 12.1 Å². The fourth-order valence-corrected chi connectivity index (χ4v) is 4.25. The molecule has 2 aromatic carbocycles. The second-order valence-electron chi connectivity index (χ2n) is 7.25. The summed E-state index contributed by atoms with van der Waals surface area (Å²) < 4.78 is 14.1. The van der Waals surface area contributed by atoms with E-state index in [2.05, 4.69) is 10.6 Å². The molecule has 1 atom stereocenters. The number of rotatable bonds is 3. The molecule has 2 N–H and O–H groups in total. The number of dihydropyridines is 1. The van der Waals surface area contributed by atoms with Gasteiger partial charge in [-0.15, -0.1) is 0 Å². The molecule has 4 rings (SSSR count). The fraction of sp³-hybridized carbons (Fsp3) is 0.217. The number of amides is 1. The molecule has 6 heteroatoms. The monoisotopic (exact) mass is 410 g/mol. The van der Waals surface area contributed by atoms with Crippen molar-refractivity contribution < 1.29 is 14.0 Å². The van der Waals surface area contributed by atoms with Crippen LogP contribution in [0.2, 0.25) is 5.02 Å². The number of halogens is 2. The third-order valence-corrected chi connectivity index (χ3v) is 5.56. The smallest absolute Gasteiger partial charge is 0.254 e. The standard InChI is InChI=1S/C23H20ClFN2O2/c1-13-20(23(29)27-17-9-3-2-8-16(17)25)21(14-6-4-7-15(24)12-14)22-18(26-13)10-5-11-19(22)28/h2-4,6-9,12,21,26H,5,10-11H2,1H3,(H,27,29)/t21-/m1/s1. The molecule has 0 unspecified atom stereocenters. The molecule has 0 fully saturated rings. The largest absolute Gasteiger partial charge is 0.362 e. The number of ketones is 1. The van der Waals surface area contributed by atoms with Crippen molar-refractivity contribution in [2.75, 3.05) is 5.32 Å². The van der Waals surface area contributed by atoms with E-state index in [1.54, 1.807) is 37.3 Å². The Bertz CT molecular complexity index is 1070. The third kappa shape index (κ3) is 3.70. The minimum absolute atomic E-state index is 0.0208. The van der Waals surface area contributed by atoms with Gasteiger partial charge in [-0.05, 0) is 49.6 Å². The van der Waals surface area contributed by atoms with E-state index in [1.807, 2.05) is 6.07 Å². The Kier molecular flexibility index (Phi) is 5.24. The Morgan fingerprint density at radius 3 is 2.72 bits per heavy atom. The Morgan fingerprint density at radius 1 is 1.17 bits per heavy atom. The average molecular weight is 411 g/mol. The van der Waals surface area contributed by atoms with Crippen molar-refractivity contribution in [1.29, 1.82) is 0 Å². The maximum absolute atomic E-state index is 14.1. The Hall–Kier alpha value is -2.92. The van der Waals surface area contributed by atoms with E-state index < -0.39 is 17.6 Å². The molecule has 1 aliphatic heterocycles. The van der Waals surface area contributed by atoms with Gasteiger partial charge in [0.25, 0.3) is 5.91 Å². The summed E-state index contributed by atoms with van der Waals surface area (Å²) in [6.45, 7) is 1.80. The summed E-state index contributed by atoms with van der Waals surface area (Å²) in [5, 5.41) is 6.43. The summed E-state index contributed by atoms with van der Waals surface area (Å²) >= 11 is 6.21. The maximum atomic E-state index is 14.1. The highest BCUT2D eigenvalue weighted by Gasteiger charge is 2.38. The number of benzene rings is 2. The molecule has 0 saturated heterocycles. The molecule has 4 nitrogen and oxygen atoms in total. The van der Waals surface area contributed by atoms with Gasteiger partial charge in [-0.2, -0.15) is 0 Å². The van der Waals surface area contributed by atoms with Crippen molar-refractivity contribution in [3.63, 3.8) is 0 Å². The molecule has 0 bridgehead atoms. The first-order chi connectivity index (χ1) is 14.0. The van der Waals surface area contributed by atoms with Crippen molar-refractivity contribution in [3.8, 4) is 0 Å². The van der Waals surface area contributed by atoms with Gasteiger partial charge >= 0.3 is 0 Å². The topological polar surface area (TPSA) is 58.2 Å². The zero-order valence-electron chi connectivity index (χ0n) is 15.9. The van der Waals surface area contributed by atoms with Gasteiger partial charge in [-0.25, -0.2) is 4.39 Å². The summed E-state index contributed by atoms with van der Waals surface area (Å²) in [7, 11) is 0. The molecular weight excluding hydrogens is 391 g/mol. The van der Waals surface area contributed by atoms with Crippen LogP contribution < -0.4 is 10.6 Å². The molecule has 2 aliphatic rings.